The van der Waals surface area contributed by atoms with Gasteiger partial charge in [0.15, 0.2) is 12.3 Å². The van der Waals surface area contributed by atoms with Crippen molar-refractivity contribution in [1.82, 2.24) is 14.7 Å². The summed E-state index contributed by atoms with van der Waals surface area (Å²) in [5.74, 6) is -0.880. The Bertz CT molecular complexity index is 890. The standard InChI is InChI=1S/C19H23N3O4/c1-3-13-8-6-7-11-22(13)16(23)12-26-19(25)17-14-9-4-5-10-15(14)18(24)21(2)20-17/h4-5,9-10,13H,3,6-8,11-12H2,1-2H3/t13-/m0/s1. The number of carbonyl (C=O) groups excluding carboxylic acids is 2. The lowest BCUT2D eigenvalue weighted by Crippen LogP contribution is -2.45. The Morgan fingerprint density at radius 1 is 1.23 bits per heavy atom. The van der Waals surface area contributed by atoms with E-state index in [0.29, 0.717) is 17.3 Å². The second kappa shape index (κ2) is 7.68. The molecule has 1 aromatic heterocycles. The van der Waals surface area contributed by atoms with E-state index in [2.05, 4.69) is 12.0 Å². The molecule has 1 atom stereocenters. The van der Waals surface area contributed by atoms with Gasteiger partial charge in [-0.2, -0.15) is 5.10 Å². The van der Waals surface area contributed by atoms with E-state index in [1.807, 2.05) is 4.90 Å². The van der Waals surface area contributed by atoms with Crippen LogP contribution < -0.4 is 5.56 Å². The zero-order valence-corrected chi connectivity index (χ0v) is 15.1. The minimum absolute atomic E-state index is 0.0428. The molecule has 1 aromatic carbocycles. The number of aryl methyl sites for hydroxylation is 1. The molecule has 138 valence electrons. The lowest BCUT2D eigenvalue weighted by atomic mass is 10.00. The molecular weight excluding hydrogens is 334 g/mol. The van der Waals surface area contributed by atoms with E-state index < -0.39 is 5.97 Å². The Morgan fingerprint density at radius 2 is 1.96 bits per heavy atom. The van der Waals surface area contributed by atoms with Gasteiger partial charge in [0.2, 0.25) is 0 Å². The van der Waals surface area contributed by atoms with E-state index in [1.165, 1.54) is 7.05 Å². The smallest absolute Gasteiger partial charge is 0.359 e. The predicted octanol–water partition coefficient (Wildman–Crippen LogP) is 1.88. The molecule has 0 saturated carbocycles. The summed E-state index contributed by atoms with van der Waals surface area (Å²) in [7, 11) is 1.48. The van der Waals surface area contributed by atoms with Crippen molar-refractivity contribution in [2.24, 2.45) is 7.05 Å². The molecule has 0 aliphatic carbocycles. The van der Waals surface area contributed by atoms with Crippen LogP contribution >= 0.6 is 0 Å². The van der Waals surface area contributed by atoms with Gasteiger partial charge in [0.1, 0.15) is 0 Å². The first-order chi connectivity index (χ1) is 12.5. The summed E-state index contributed by atoms with van der Waals surface area (Å²) in [5.41, 5.74) is -0.242. The second-order valence-corrected chi connectivity index (χ2v) is 6.54. The van der Waals surface area contributed by atoms with E-state index in [4.69, 9.17) is 4.74 Å². The van der Waals surface area contributed by atoms with Crippen LogP contribution in [0.25, 0.3) is 10.8 Å². The van der Waals surface area contributed by atoms with Crippen molar-refractivity contribution in [2.45, 2.75) is 38.6 Å². The van der Waals surface area contributed by atoms with Crippen molar-refractivity contribution < 1.29 is 14.3 Å². The molecular formula is C19H23N3O4. The molecule has 1 amide bonds. The Kier molecular flexibility index (Phi) is 5.35. The van der Waals surface area contributed by atoms with Crippen LogP contribution in [0.15, 0.2) is 29.1 Å². The lowest BCUT2D eigenvalue weighted by Gasteiger charge is -2.35. The number of fused-ring (bicyclic) bond motifs is 1. The first kappa shape index (κ1) is 18.1. The maximum atomic E-state index is 12.5. The van der Waals surface area contributed by atoms with Crippen LogP contribution in [0.4, 0.5) is 0 Å². The number of ether oxygens (including phenoxy) is 1. The highest BCUT2D eigenvalue weighted by molar-refractivity contribution is 6.02. The van der Waals surface area contributed by atoms with Gasteiger partial charge in [-0.15, -0.1) is 0 Å². The third-order valence-corrected chi connectivity index (χ3v) is 4.90. The molecule has 0 unspecified atom stereocenters. The van der Waals surface area contributed by atoms with Gasteiger partial charge in [-0.05, 0) is 31.7 Å². The molecule has 7 heteroatoms. The van der Waals surface area contributed by atoms with Crippen LogP contribution in [0.1, 0.15) is 43.1 Å². The quantitative estimate of drug-likeness (QED) is 0.781. The van der Waals surface area contributed by atoms with Gasteiger partial charge in [0, 0.05) is 25.0 Å². The number of amides is 1. The molecule has 0 spiro atoms. The average Bonchev–Trinajstić information content (AvgIpc) is 2.68. The van der Waals surface area contributed by atoms with Gasteiger partial charge >= 0.3 is 5.97 Å². The highest BCUT2D eigenvalue weighted by atomic mass is 16.5. The minimum Gasteiger partial charge on any atom is -0.451 e. The topological polar surface area (TPSA) is 81.5 Å². The van der Waals surface area contributed by atoms with E-state index in [-0.39, 0.29) is 29.8 Å². The number of carbonyl (C=O) groups is 2. The fourth-order valence-corrected chi connectivity index (χ4v) is 3.48. The van der Waals surface area contributed by atoms with Gasteiger partial charge in [0.05, 0.1) is 5.39 Å². The molecule has 0 radical (unpaired) electrons. The molecule has 1 aliphatic heterocycles. The maximum Gasteiger partial charge on any atom is 0.359 e. The molecule has 1 saturated heterocycles. The van der Waals surface area contributed by atoms with Crippen LogP contribution in [-0.2, 0) is 16.6 Å². The average molecular weight is 357 g/mol. The number of nitrogens with zero attached hydrogens (tertiary/aromatic N) is 3. The normalized spacial score (nSPS) is 17.3. The van der Waals surface area contributed by atoms with Gasteiger partial charge in [-0.25, -0.2) is 9.48 Å². The Labute approximate surface area is 151 Å². The van der Waals surface area contributed by atoms with Gasteiger partial charge in [-0.3, -0.25) is 9.59 Å². The predicted molar refractivity (Wildman–Crippen MR) is 96.9 cm³/mol. The highest BCUT2D eigenvalue weighted by Crippen LogP contribution is 2.20. The molecule has 0 N–H and O–H groups in total. The number of hydrogen-bond acceptors (Lipinski definition) is 5. The first-order valence-corrected chi connectivity index (χ1v) is 8.95. The highest BCUT2D eigenvalue weighted by Gasteiger charge is 2.26. The van der Waals surface area contributed by atoms with Crippen LogP contribution in [0.3, 0.4) is 0 Å². The number of benzene rings is 1. The van der Waals surface area contributed by atoms with Gasteiger partial charge in [0.25, 0.3) is 11.5 Å². The summed E-state index contributed by atoms with van der Waals surface area (Å²) in [6, 6.07) is 6.96. The molecule has 7 nitrogen and oxygen atoms in total. The maximum absolute atomic E-state index is 12.5. The van der Waals surface area contributed by atoms with Crippen molar-refractivity contribution in [3.8, 4) is 0 Å². The monoisotopic (exact) mass is 357 g/mol. The largest absolute Gasteiger partial charge is 0.451 e. The summed E-state index contributed by atoms with van der Waals surface area (Å²) in [5, 5.41) is 4.85. The molecule has 26 heavy (non-hydrogen) atoms. The number of likely N-dealkylation sites (tertiary alicyclic amines) is 1. The van der Waals surface area contributed by atoms with Crippen LogP contribution in [0, 0.1) is 0 Å². The van der Waals surface area contributed by atoms with Crippen LogP contribution in [-0.4, -0.2) is 45.8 Å². The third kappa shape index (κ3) is 3.47. The minimum atomic E-state index is -0.699. The summed E-state index contributed by atoms with van der Waals surface area (Å²) >= 11 is 0. The summed E-state index contributed by atoms with van der Waals surface area (Å²) < 4.78 is 6.34. The van der Waals surface area contributed by atoms with Crippen molar-refractivity contribution in [1.29, 1.82) is 0 Å². The van der Waals surface area contributed by atoms with E-state index in [1.54, 1.807) is 24.3 Å². The zero-order chi connectivity index (χ0) is 18.7. The molecule has 3 rings (SSSR count). The number of hydrogen-bond donors (Lipinski definition) is 0. The number of rotatable bonds is 4. The molecule has 2 heterocycles. The lowest BCUT2D eigenvalue weighted by molar-refractivity contribution is -0.138. The van der Waals surface area contributed by atoms with Crippen molar-refractivity contribution in [3.63, 3.8) is 0 Å². The number of piperidine rings is 1. The Hall–Kier alpha value is -2.70. The fourth-order valence-electron chi connectivity index (χ4n) is 3.48. The van der Waals surface area contributed by atoms with Gasteiger partial charge < -0.3 is 9.64 Å². The third-order valence-electron chi connectivity index (χ3n) is 4.90. The van der Waals surface area contributed by atoms with Crippen LogP contribution in [0.5, 0.6) is 0 Å². The second-order valence-electron chi connectivity index (χ2n) is 6.54. The first-order valence-electron chi connectivity index (χ1n) is 8.95. The molecule has 2 aromatic rings. The SMILES string of the molecule is CC[C@H]1CCCCN1C(=O)COC(=O)c1nn(C)c(=O)c2ccccc12. The van der Waals surface area contributed by atoms with Gasteiger partial charge in [-0.1, -0.05) is 25.1 Å². The van der Waals surface area contributed by atoms with E-state index in [0.717, 1.165) is 30.4 Å². The number of esters is 1. The number of aromatic nitrogens is 2. The Morgan fingerprint density at radius 3 is 2.69 bits per heavy atom. The van der Waals surface area contributed by atoms with Crippen molar-refractivity contribution in [3.05, 3.63) is 40.3 Å². The summed E-state index contributed by atoms with van der Waals surface area (Å²) in [4.78, 5) is 38.9. The van der Waals surface area contributed by atoms with Crippen molar-refractivity contribution in [2.75, 3.05) is 13.2 Å². The molecule has 1 fully saturated rings. The molecule has 0 bridgehead atoms. The summed E-state index contributed by atoms with van der Waals surface area (Å²) in [6.45, 7) is 2.45. The molecule has 1 aliphatic rings. The van der Waals surface area contributed by atoms with Crippen molar-refractivity contribution >= 4 is 22.6 Å². The fraction of sp³-hybridized carbons (Fsp3) is 0.474. The Balaban J connectivity index is 1.77. The van der Waals surface area contributed by atoms with E-state index in [9.17, 15) is 14.4 Å². The van der Waals surface area contributed by atoms with E-state index >= 15 is 0 Å². The zero-order valence-electron chi connectivity index (χ0n) is 15.1. The van der Waals surface area contributed by atoms with Crippen LogP contribution in [0.2, 0.25) is 0 Å². The summed E-state index contributed by atoms with van der Waals surface area (Å²) in [6.07, 6.45) is 3.98.